The first-order valence-corrected chi connectivity index (χ1v) is 21.1. The lowest BCUT2D eigenvalue weighted by Crippen LogP contribution is -2.54. The minimum atomic E-state index is -0.988. The molecule has 0 spiro atoms. The van der Waals surface area contributed by atoms with Gasteiger partial charge >= 0.3 is 0 Å². The number of nitrogens with zero attached hydrogens (tertiary/aromatic N) is 9. The van der Waals surface area contributed by atoms with Gasteiger partial charge in [0.25, 0.3) is 23.5 Å². The van der Waals surface area contributed by atoms with E-state index in [-0.39, 0.29) is 53.9 Å². The molecule has 0 radical (unpaired) electrons. The molecule has 3 aromatic heterocycles. The van der Waals surface area contributed by atoms with Crippen LogP contribution in [0.1, 0.15) is 101 Å². The number of aryl methyl sites for hydroxylation is 1. The van der Waals surface area contributed by atoms with Crippen molar-refractivity contribution < 1.29 is 32.9 Å². The van der Waals surface area contributed by atoms with Crippen molar-refractivity contribution in [3.63, 3.8) is 0 Å². The number of nitrogens with one attached hydrogen (secondary N) is 3. The number of halogens is 1. The van der Waals surface area contributed by atoms with E-state index in [9.17, 15) is 24.0 Å². The van der Waals surface area contributed by atoms with Gasteiger partial charge in [0.2, 0.25) is 23.7 Å². The first-order valence-electron chi connectivity index (χ1n) is 21.1. The van der Waals surface area contributed by atoms with Crippen molar-refractivity contribution in [2.75, 3.05) is 42.9 Å². The number of hydrogen-bond donors (Lipinski definition) is 3. The SMILES string of the molecule is Cc1cc(-c2nc(Nc3ccn(C4CN(CC5CCN(c6ccc7c(c6)C(=O)N(C6CCC(=O)NC6=O)C7=O)CC5)C4)n3)ncc2F)ccc1CNC(=O)c1noc(C(C)(C)C)n1. The van der Waals surface area contributed by atoms with Crippen LogP contribution >= 0.6 is 0 Å². The molecule has 7 heterocycles. The molecule has 3 N–H and O–H groups in total. The Hall–Kier alpha value is -6.89. The predicted molar refractivity (Wildman–Crippen MR) is 225 cm³/mol. The lowest BCUT2D eigenvalue weighted by Gasteiger charge is -2.43. The van der Waals surface area contributed by atoms with Gasteiger partial charge in [0.05, 0.1) is 23.4 Å². The van der Waals surface area contributed by atoms with Gasteiger partial charge < -0.3 is 20.1 Å². The highest BCUT2D eigenvalue weighted by Gasteiger charge is 2.45. The molecule has 19 heteroatoms. The van der Waals surface area contributed by atoms with E-state index in [1.54, 1.807) is 18.2 Å². The van der Waals surface area contributed by atoms with Gasteiger partial charge in [-0.25, -0.2) is 14.4 Å². The summed E-state index contributed by atoms with van der Waals surface area (Å²) in [7, 11) is 0. The highest BCUT2D eigenvalue weighted by Crippen LogP contribution is 2.34. The second-order valence-electron chi connectivity index (χ2n) is 17.7. The van der Waals surface area contributed by atoms with Crippen molar-refractivity contribution in [3.8, 4) is 11.3 Å². The number of carbonyl (C=O) groups is 5. The summed E-state index contributed by atoms with van der Waals surface area (Å²) in [5.74, 6) is -1.47. The van der Waals surface area contributed by atoms with Gasteiger partial charge in [-0.05, 0) is 67.5 Å². The van der Waals surface area contributed by atoms with E-state index < -0.39 is 41.4 Å². The summed E-state index contributed by atoms with van der Waals surface area (Å²) >= 11 is 0. The van der Waals surface area contributed by atoms with Gasteiger partial charge in [-0.3, -0.25) is 43.8 Å². The van der Waals surface area contributed by atoms with Gasteiger partial charge in [-0.15, -0.1) is 0 Å². The third kappa shape index (κ3) is 8.39. The van der Waals surface area contributed by atoms with Crippen LogP contribution in [0.3, 0.4) is 0 Å². The summed E-state index contributed by atoms with van der Waals surface area (Å²) in [6.45, 7) is 12.2. The summed E-state index contributed by atoms with van der Waals surface area (Å²) in [6, 6.07) is 11.7. The third-order valence-corrected chi connectivity index (χ3v) is 12.1. The second-order valence-corrected chi connectivity index (χ2v) is 17.7. The van der Waals surface area contributed by atoms with Gasteiger partial charge in [0.1, 0.15) is 11.7 Å². The Bertz CT molecular complexity index is 2640. The normalized spacial score (nSPS) is 18.7. The fourth-order valence-corrected chi connectivity index (χ4v) is 8.52. The summed E-state index contributed by atoms with van der Waals surface area (Å²) in [4.78, 5) is 81.7. The molecule has 5 aromatic rings. The number of rotatable bonds is 11. The van der Waals surface area contributed by atoms with Crippen molar-refractivity contribution in [3.05, 3.63) is 94.6 Å². The molecular weight excluding hydrogens is 812 g/mol. The monoisotopic (exact) mass is 858 g/mol. The van der Waals surface area contributed by atoms with Crippen molar-refractivity contribution in [2.24, 2.45) is 5.92 Å². The van der Waals surface area contributed by atoms with E-state index in [4.69, 9.17) is 9.62 Å². The van der Waals surface area contributed by atoms with Gasteiger partial charge in [-0.2, -0.15) is 10.1 Å². The van der Waals surface area contributed by atoms with Crippen LogP contribution in [0.25, 0.3) is 11.3 Å². The summed E-state index contributed by atoms with van der Waals surface area (Å²) in [5.41, 5.74) is 3.41. The van der Waals surface area contributed by atoms with Crippen LogP contribution in [0, 0.1) is 18.7 Å². The van der Waals surface area contributed by atoms with Crippen LogP contribution in [0.2, 0.25) is 0 Å². The largest absolute Gasteiger partial charge is 0.371 e. The van der Waals surface area contributed by atoms with Crippen LogP contribution in [0.15, 0.2) is 59.4 Å². The minimum absolute atomic E-state index is 0.0392. The molecule has 4 aliphatic heterocycles. The molecule has 0 aliphatic carbocycles. The van der Waals surface area contributed by atoms with Gasteiger partial charge in [0.15, 0.2) is 11.6 Å². The maximum absolute atomic E-state index is 15.1. The predicted octanol–water partition coefficient (Wildman–Crippen LogP) is 4.32. The summed E-state index contributed by atoms with van der Waals surface area (Å²) in [5, 5.41) is 16.7. The zero-order chi connectivity index (χ0) is 44.2. The third-order valence-electron chi connectivity index (χ3n) is 12.1. The Labute approximate surface area is 361 Å². The maximum Gasteiger partial charge on any atom is 0.292 e. The zero-order valence-corrected chi connectivity index (χ0v) is 35.4. The van der Waals surface area contributed by atoms with E-state index in [0.717, 1.165) is 73.5 Å². The molecule has 326 valence electrons. The lowest BCUT2D eigenvalue weighted by atomic mass is 9.93. The quantitative estimate of drug-likeness (QED) is 0.158. The highest BCUT2D eigenvalue weighted by molar-refractivity contribution is 6.23. The van der Waals surface area contributed by atoms with Crippen LogP contribution in [-0.4, -0.2) is 108 Å². The number of fused-ring (bicyclic) bond motifs is 1. The zero-order valence-electron chi connectivity index (χ0n) is 35.4. The Morgan fingerprint density at radius 1 is 0.968 bits per heavy atom. The number of amides is 5. The number of aromatic nitrogens is 6. The molecule has 1 unspecified atom stereocenters. The number of piperidine rings is 2. The Balaban J connectivity index is 0.741. The standard InChI is InChI=1S/C44H47FN12O6/c1-24-17-26(5-6-27(24)19-46-39(60)37-51-42(63-53-37)44(2,3)4)36-32(45)20-47-43(50-36)48-34-13-16-56(52-34)29-22-54(23-29)21-25-11-14-55(15-12-25)28-7-8-30-31(18-28)41(62)57(40(30)61)33-9-10-35(58)49-38(33)59/h5-8,13,16-18,20,25,29,33H,9-12,14-15,19,21-23H2,1-4H3,(H,46,60)(H,49,58,59)(H,47,48,50,52). The average molecular weight is 859 g/mol. The molecule has 0 bridgehead atoms. The Morgan fingerprint density at radius 3 is 2.48 bits per heavy atom. The summed E-state index contributed by atoms with van der Waals surface area (Å²) < 4.78 is 22.2. The first kappa shape index (κ1) is 41.5. The first-order chi connectivity index (χ1) is 30.2. The molecule has 5 amide bonds. The van der Waals surface area contributed by atoms with Crippen LogP contribution in [0.4, 0.5) is 21.8 Å². The fraction of sp³-hybridized carbons (Fsp3) is 0.409. The smallest absolute Gasteiger partial charge is 0.292 e. The lowest BCUT2D eigenvalue weighted by molar-refractivity contribution is -0.136. The van der Waals surface area contributed by atoms with E-state index in [2.05, 4.69) is 45.9 Å². The molecule has 3 saturated heterocycles. The van der Waals surface area contributed by atoms with Gasteiger partial charge in [-0.1, -0.05) is 38.1 Å². The van der Waals surface area contributed by atoms with Crippen molar-refractivity contribution >= 4 is 47.0 Å². The molecular formula is C44H47FN12O6. The number of anilines is 3. The van der Waals surface area contributed by atoms with Crippen LogP contribution in [0.5, 0.6) is 0 Å². The van der Waals surface area contributed by atoms with Crippen LogP contribution < -0.4 is 20.9 Å². The average Bonchev–Trinajstić information content (AvgIpc) is 3.99. The molecule has 18 nitrogen and oxygen atoms in total. The Morgan fingerprint density at radius 2 is 1.75 bits per heavy atom. The molecule has 9 rings (SSSR count). The maximum atomic E-state index is 15.1. The highest BCUT2D eigenvalue weighted by atomic mass is 19.1. The topological polar surface area (TPSA) is 214 Å². The van der Waals surface area contributed by atoms with E-state index in [1.807, 2.05) is 62.8 Å². The summed E-state index contributed by atoms with van der Waals surface area (Å²) in [6.07, 6.45) is 5.20. The van der Waals surface area contributed by atoms with Crippen LogP contribution in [-0.2, 0) is 21.5 Å². The number of benzene rings is 2. The fourth-order valence-electron chi connectivity index (χ4n) is 8.52. The number of hydrogen-bond acceptors (Lipinski definition) is 14. The molecule has 1 atom stereocenters. The van der Waals surface area contributed by atoms with E-state index >= 15 is 4.39 Å². The molecule has 4 aliphatic rings. The van der Waals surface area contributed by atoms with Crippen molar-refractivity contribution in [1.29, 1.82) is 0 Å². The number of carbonyl (C=O) groups excluding carboxylic acids is 5. The minimum Gasteiger partial charge on any atom is -0.371 e. The van der Waals surface area contributed by atoms with Crippen molar-refractivity contribution in [1.82, 2.24) is 50.3 Å². The molecule has 63 heavy (non-hydrogen) atoms. The van der Waals surface area contributed by atoms with Crippen molar-refractivity contribution in [2.45, 2.75) is 77.4 Å². The Kier molecular flexibility index (Phi) is 10.8. The second kappa shape index (κ2) is 16.4. The molecule has 2 aromatic carbocycles. The number of imide groups is 2. The molecule has 3 fully saturated rings. The van der Waals surface area contributed by atoms with Gasteiger partial charge in [0, 0.05) is 74.6 Å². The van der Waals surface area contributed by atoms with E-state index in [1.165, 1.54) is 0 Å². The van der Waals surface area contributed by atoms with E-state index in [0.29, 0.717) is 28.8 Å². The molecule has 0 saturated carbocycles. The number of likely N-dealkylation sites (tertiary alicyclic amines) is 1.